The maximum absolute atomic E-state index is 11.4. The summed E-state index contributed by atoms with van der Waals surface area (Å²) in [5.41, 5.74) is 0. The van der Waals surface area contributed by atoms with Crippen molar-refractivity contribution in [3.8, 4) is 0 Å². The zero-order valence-corrected chi connectivity index (χ0v) is 8.02. The van der Waals surface area contributed by atoms with Crippen molar-refractivity contribution in [2.24, 2.45) is 0 Å². The lowest BCUT2D eigenvalue weighted by Gasteiger charge is -2.22. The number of rotatable bonds is 2. The Morgan fingerprint density at radius 2 is 1.71 bits per heavy atom. The van der Waals surface area contributed by atoms with Crippen molar-refractivity contribution in [1.82, 2.24) is 4.90 Å². The summed E-state index contributed by atoms with van der Waals surface area (Å²) >= 11 is 0. The van der Waals surface area contributed by atoms with E-state index in [0.29, 0.717) is 12.8 Å². The summed E-state index contributed by atoms with van der Waals surface area (Å²) in [6, 6.07) is -1.05. The number of carbonyl (C=O) groups excluding carboxylic acids is 2. The molecule has 0 aromatic rings. The van der Waals surface area contributed by atoms with Gasteiger partial charge in [-0.15, -0.1) is 0 Å². The third kappa shape index (κ3) is 2.10. The van der Waals surface area contributed by atoms with Crippen molar-refractivity contribution in [1.29, 1.82) is 0 Å². The number of nitrogens with zero attached hydrogens (tertiary/aromatic N) is 1. The molecule has 2 amide bonds. The van der Waals surface area contributed by atoms with Crippen LogP contribution in [-0.2, 0) is 14.4 Å². The number of imide groups is 1. The van der Waals surface area contributed by atoms with Gasteiger partial charge in [-0.25, -0.2) is 4.79 Å². The molecule has 0 aliphatic carbocycles. The van der Waals surface area contributed by atoms with Gasteiger partial charge in [0.25, 0.3) is 0 Å². The van der Waals surface area contributed by atoms with E-state index < -0.39 is 12.0 Å². The number of likely N-dealkylation sites (tertiary alicyclic amines) is 1. The van der Waals surface area contributed by atoms with Crippen LogP contribution < -0.4 is 0 Å². The molecular weight excluding hydrogens is 186 g/mol. The summed E-state index contributed by atoms with van der Waals surface area (Å²) < 4.78 is 0. The van der Waals surface area contributed by atoms with Crippen molar-refractivity contribution in [2.75, 3.05) is 0 Å². The Morgan fingerprint density at radius 1 is 1.29 bits per heavy atom. The van der Waals surface area contributed by atoms with Crippen LogP contribution in [0.2, 0.25) is 0 Å². The lowest BCUT2D eigenvalue weighted by Crippen LogP contribution is -2.46. The molecule has 0 aromatic heterocycles. The summed E-state index contributed by atoms with van der Waals surface area (Å²) in [5, 5.41) is 8.72. The average Bonchev–Trinajstić information content (AvgIpc) is 2.26. The van der Waals surface area contributed by atoms with E-state index in [4.69, 9.17) is 5.11 Å². The van der Waals surface area contributed by atoms with E-state index in [1.165, 1.54) is 6.92 Å². The molecule has 0 radical (unpaired) electrons. The van der Waals surface area contributed by atoms with Gasteiger partial charge >= 0.3 is 5.97 Å². The molecule has 1 saturated heterocycles. The standard InChI is InChI=1S/C9H13NO4/c1-6(9(13)14)10-7(11)4-2-3-5-8(10)12/h6H,2-5H2,1H3,(H,13,14). The Labute approximate surface area is 81.7 Å². The largest absolute Gasteiger partial charge is 0.480 e. The molecule has 0 spiro atoms. The van der Waals surface area contributed by atoms with Crippen LogP contribution in [0.3, 0.4) is 0 Å². The molecule has 0 bridgehead atoms. The van der Waals surface area contributed by atoms with Crippen molar-refractivity contribution >= 4 is 17.8 Å². The number of carboxylic acid groups (broad SMARTS) is 1. The van der Waals surface area contributed by atoms with Gasteiger partial charge in [0, 0.05) is 12.8 Å². The lowest BCUT2D eigenvalue weighted by atomic mass is 10.2. The van der Waals surface area contributed by atoms with Gasteiger partial charge in [0.05, 0.1) is 0 Å². The molecule has 5 heteroatoms. The van der Waals surface area contributed by atoms with Gasteiger partial charge < -0.3 is 5.11 Å². The highest BCUT2D eigenvalue weighted by Crippen LogP contribution is 2.15. The van der Waals surface area contributed by atoms with Crippen molar-refractivity contribution in [3.63, 3.8) is 0 Å². The second-order valence-corrected chi connectivity index (χ2v) is 3.38. The normalized spacial score (nSPS) is 20.5. The van der Waals surface area contributed by atoms with Crippen LogP contribution in [0.1, 0.15) is 32.6 Å². The molecular formula is C9H13NO4. The zero-order chi connectivity index (χ0) is 10.7. The highest BCUT2D eigenvalue weighted by molar-refractivity contribution is 5.99. The Balaban J connectivity index is 2.84. The minimum Gasteiger partial charge on any atom is -0.480 e. The summed E-state index contributed by atoms with van der Waals surface area (Å²) in [7, 11) is 0. The fourth-order valence-electron chi connectivity index (χ4n) is 1.47. The van der Waals surface area contributed by atoms with Crippen LogP contribution >= 0.6 is 0 Å². The summed E-state index contributed by atoms with van der Waals surface area (Å²) in [6.07, 6.45) is 1.85. The fourth-order valence-corrected chi connectivity index (χ4v) is 1.47. The Kier molecular flexibility index (Phi) is 3.22. The first-order chi connectivity index (χ1) is 6.54. The molecule has 0 aromatic carbocycles. The first-order valence-electron chi connectivity index (χ1n) is 4.61. The minimum absolute atomic E-state index is 0.267. The summed E-state index contributed by atoms with van der Waals surface area (Å²) in [4.78, 5) is 34.4. The quantitative estimate of drug-likeness (QED) is 0.653. The molecule has 1 N–H and O–H groups in total. The monoisotopic (exact) mass is 199 g/mol. The van der Waals surface area contributed by atoms with E-state index in [0.717, 1.165) is 4.90 Å². The van der Waals surface area contributed by atoms with Gasteiger partial charge in [-0.2, -0.15) is 0 Å². The Morgan fingerprint density at radius 3 is 2.07 bits per heavy atom. The second kappa shape index (κ2) is 4.21. The van der Waals surface area contributed by atoms with Crippen molar-refractivity contribution in [3.05, 3.63) is 0 Å². The van der Waals surface area contributed by atoms with Gasteiger partial charge in [0.15, 0.2) is 0 Å². The van der Waals surface area contributed by atoms with Crippen molar-refractivity contribution in [2.45, 2.75) is 38.6 Å². The van der Waals surface area contributed by atoms with Gasteiger partial charge in [0.1, 0.15) is 6.04 Å². The Bertz CT molecular complexity index is 256. The third-order valence-corrected chi connectivity index (χ3v) is 2.31. The first-order valence-corrected chi connectivity index (χ1v) is 4.61. The van der Waals surface area contributed by atoms with Crippen LogP contribution in [0.4, 0.5) is 0 Å². The number of carboxylic acids is 1. The topological polar surface area (TPSA) is 74.7 Å². The molecule has 1 unspecified atom stereocenters. The SMILES string of the molecule is CC(C(=O)O)N1C(=O)CCCCC1=O. The maximum Gasteiger partial charge on any atom is 0.326 e. The van der Waals surface area contributed by atoms with E-state index >= 15 is 0 Å². The smallest absolute Gasteiger partial charge is 0.326 e. The molecule has 1 atom stereocenters. The van der Waals surface area contributed by atoms with Gasteiger partial charge in [-0.1, -0.05) is 0 Å². The lowest BCUT2D eigenvalue weighted by molar-refractivity contribution is -0.156. The molecule has 14 heavy (non-hydrogen) atoms. The predicted octanol–water partition coefficient (Wildman–Crippen LogP) is 0.389. The van der Waals surface area contributed by atoms with E-state index in [1.54, 1.807) is 0 Å². The molecule has 0 saturated carbocycles. The van der Waals surface area contributed by atoms with E-state index in [1.807, 2.05) is 0 Å². The van der Waals surface area contributed by atoms with Gasteiger partial charge in [-0.05, 0) is 19.8 Å². The van der Waals surface area contributed by atoms with Crippen LogP contribution in [0.15, 0.2) is 0 Å². The van der Waals surface area contributed by atoms with Crippen LogP contribution in [-0.4, -0.2) is 33.8 Å². The summed E-state index contributed by atoms with van der Waals surface area (Å²) in [5.74, 6) is -1.89. The highest BCUT2D eigenvalue weighted by Gasteiger charge is 2.32. The van der Waals surface area contributed by atoms with Crippen LogP contribution in [0, 0.1) is 0 Å². The minimum atomic E-state index is -1.14. The second-order valence-electron chi connectivity index (χ2n) is 3.38. The average molecular weight is 199 g/mol. The molecule has 5 nitrogen and oxygen atoms in total. The predicted molar refractivity (Wildman–Crippen MR) is 47.4 cm³/mol. The van der Waals surface area contributed by atoms with E-state index in [9.17, 15) is 14.4 Å². The number of aliphatic carboxylic acids is 1. The fraction of sp³-hybridized carbons (Fsp3) is 0.667. The van der Waals surface area contributed by atoms with E-state index in [2.05, 4.69) is 0 Å². The molecule has 1 heterocycles. The zero-order valence-electron chi connectivity index (χ0n) is 8.02. The molecule has 1 rings (SSSR count). The first kappa shape index (κ1) is 10.7. The number of hydrogen-bond acceptors (Lipinski definition) is 3. The number of carbonyl (C=O) groups is 3. The Hall–Kier alpha value is -1.39. The van der Waals surface area contributed by atoms with Crippen molar-refractivity contribution < 1.29 is 19.5 Å². The third-order valence-electron chi connectivity index (χ3n) is 2.31. The number of amides is 2. The van der Waals surface area contributed by atoms with Gasteiger partial charge in [0.2, 0.25) is 11.8 Å². The van der Waals surface area contributed by atoms with Crippen LogP contribution in [0.5, 0.6) is 0 Å². The highest BCUT2D eigenvalue weighted by atomic mass is 16.4. The maximum atomic E-state index is 11.4. The molecule has 78 valence electrons. The molecule has 1 aliphatic rings. The van der Waals surface area contributed by atoms with Crippen LogP contribution in [0.25, 0.3) is 0 Å². The summed E-state index contributed by atoms with van der Waals surface area (Å²) in [6.45, 7) is 1.35. The van der Waals surface area contributed by atoms with E-state index in [-0.39, 0.29) is 24.7 Å². The van der Waals surface area contributed by atoms with Gasteiger partial charge in [-0.3, -0.25) is 14.5 Å². The molecule has 1 fully saturated rings. The molecule has 1 aliphatic heterocycles. The number of hydrogen-bond donors (Lipinski definition) is 1.